The standard InChI is InChI=1S/C21H23ClN2O3/c1-14-10-15(2)16(3)20(11-14)27-9-8-26-19-5-4-18(22)12-17(19)13-24-21(25)6-7-23/h4-5,10-12H,6,8-9,13H2,1-3H3,(H,24,25). The Morgan fingerprint density at radius 2 is 1.81 bits per heavy atom. The van der Waals surface area contributed by atoms with Crippen LogP contribution in [0.15, 0.2) is 30.3 Å². The molecule has 27 heavy (non-hydrogen) atoms. The summed E-state index contributed by atoms with van der Waals surface area (Å²) in [5.41, 5.74) is 4.21. The summed E-state index contributed by atoms with van der Waals surface area (Å²) in [6.45, 7) is 7.13. The molecule has 0 fully saturated rings. The van der Waals surface area contributed by atoms with Crippen molar-refractivity contribution in [2.24, 2.45) is 0 Å². The molecule has 0 atom stereocenters. The SMILES string of the molecule is Cc1cc(C)c(C)c(OCCOc2ccc(Cl)cc2CNC(=O)CC#N)c1. The van der Waals surface area contributed by atoms with E-state index in [2.05, 4.69) is 18.3 Å². The highest BCUT2D eigenvalue weighted by Crippen LogP contribution is 2.24. The van der Waals surface area contributed by atoms with Crippen molar-refractivity contribution in [3.05, 3.63) is 57.6 Å². The fourth-order valence-corrected chi connectivity index (χ4v) is 2.80. The van der Waals surface area contributed by atoms with Gasteiger partial charge < -0.3 is 14.8 Å². The number of hydrogen-bond donors (Lipinski definition) is 1. The van der Waals surface area contributed by atoms with Crippen LogP contribution in [-0.2, 0) is 11.3 Å². The second kappa shape index (κ2) is 9.84. The van der Waals surface area contributed by atoms with E-state index in [1.165, 1.54) is 5.56 Å². The Kier molecular flexibility index (Phi) is 7.51. The number of benzene rings is 2. The largest absolute Gasteiger partial charge is 0.490 e. The van der Waals surface area contributed by atoms with Crippen LogP contribution in [0.3, 0.4) is 0 Å². The second-order valence-corrected chi connectivity index (χ2v) is 6.70. The van der Waals surface area contributed by atoms with Crippen molar-refractivity contribution in [1.82, 2.24) is 5.32 Å². The van der Waals surface area contributed by atoms with Gasteiger partial charge in [-0.05, 0) is 61.7 Å². The zero-order valence-corrected chi connectivity index (χ0v) is 16.5. The van der Waals surface area contributed by atoms with Crippen molar-refractivity contribution in [3.63, 3.8) is 0 Å². The molecule has 0 unspecified atom stereocenters. The van der Waals surface area contributed by atoms with E-state index in [0.717, 1.165) is 22.4 Å². The van der Waals surface area contributed by atoms with E-state index in [0.29, 0.717) is 24.0 Å². The highest BCUT2D eigenvalue weighted by atomic mass is 35.5. The average molecular weight is 387 g/mol. The summed E-state index contributed by atoms with van der Waals surface area (Å²) in [6, 6.07) is 11.2. The molecule has 2 aromatic rings. The first-order valence-corrected chi connectivity index (χ1v) is 9.04. The van der Waals surface area contributed by atoms with Crippen LogP contribution in [-0.4, -0.2) is 19.1 Å². The maximum atomic E-state index is 11.5. The van der Waals surface area contributed by atoms with Crippen molar-refractivity contribution < 1.29 is 14.3 Å². The minimum Gasteiger partial charge on any atom is -0.490 e. The molecule has 2 rings (SSSR count). The summed E-state index contributed by atoms with van der Waals surface area (Å²) in [7, 11) is 0. The first kappa shape index (κ1) is 20.6. The molecule has 0 spiro atoms. The maximum absolute atomic E-state index is 11.5. The Bertz CT molecular complexity index is 859. The zero-order valence-electron chi connectivity index (χ0n) is 15.8. The number of rotatable bonds is 8. The summed E-state index contributed by atoms with van der Waals surface area (Å²) in [5, 5.41) is 11.8. The number of nitrogens with zero attached hydrogens (tertiary/aromatic N) is 1. The van der Waals surface area contributed by atoms with E-state index in [1.54, 1.807) is 18.2 Å². The Morgan fingerprint density at radius 3 is 2.52 bits per heavy atom. The minimum absolute atomic E-state index is 0.181. The third-order valence-corrected chi connectivity index (χ3v) is 4.34. The van der Waals surface area contributed by atoms with Crippen molar-refractivity contribution in [3.8, 4) is 17.6 Å². The molecule has 0 radical (unpaired) electrons. The van der Waals surface area contributed by atoms with E-state index < -0.39 is 0 Å². The topological polar surface area (TPSA) is 71.3 Å². The highest BCUT2D eigenvalue weighted by Gasteiger charge is 2.08. The molecule has 6 heteroatoms. The van der Waals surface area contributed by atoms with Gasteiger partial charge >= 0.3 is 0 Å². The first-order chi connectivity index (χ1) is 12.9. The van der Waals surface area contributed by atoms with Gasteiger partial charge in [-0.25, -0.2) is 0 Å². The summed E-state index contributed by atoms with van der Waals surface area (Å²) >= 11 is 6.04. The zero-order chi connectivity index (χ0) is 19.8. The monoisotopic (exact) mass is 386 g/mol. The van der Waals surface area contributed by atoms with Crippen LogP contribution >= 0.6 is 11.6 Å². The van der Waals surface area contributed by atoms with Gasteiger partial charge in [-0.3, -0.25) is 4.79 Å². The number of nitriles is 1. The van der Waals surface area contributed by atoms with Crippen LogP contribution in [0, 0.1) is 32.1 Å². The molecule has 0 saturated heterocycles. The fourth-order valence-electron chi connectivity index (χ4n) is 2.61. The number of ether oxygens (including phenoxy) is 2. The predicted molar refractivity (Wildman–Crippen MR) is 105 cm³/mol. The van der Waals surface area contributed by atoms with Crippen LogP contribution in [0.1, 0.15) is 28.7 Å². The summed E-state index contributed by atoms with van der Waals surface area (Å²) in [5.74, 6) is 1.14. The number of amides is 1. The van der Waals surface area contributed by atoms with Crippen LogP contribution < -0.4 is 14.8 Å². The molecule has 0 aliphatic heterocycles. The van der Waals surface area contributed by atoms with E-state index in [9.17, 15) is 4.79 Å². The number of carbonyl (C=O) groups excluding carboxylic acids is 1. The van der Waals surface area contributed by atoms with Crippen LogP contribution in [0.5, 0.6) is 11.5 Å². The summed E-state index contributed by atoms with van der Waals surface area (Å²) < 4.78 is 11.7. The number of carbonyl (C=O) groups is 1. The molecule has 2 aromatic carbocycles. The molecule has 1 N–H and O–H groups in total. The molecule has 0 aliphatic rings. The van der Waals surface area contributed by atoms with E-state index in [-0.39, 0.29) is 18.9 Å². The van der Waals surface area contributed by atoms with Gasteiger partial charge in [0.25, 0.3) is 0 Å². The van der Waals surface area contributed by atoms with E-state index in [4.69, 9.17) is 26.3 Å². The molecule has 5 nitrogen and oxygen atoms in total. The van der Waals surface area contributed by atoms with Crippen LogP contribution in [0.25, 0.3) is 0 Å². The number of aryl methyl sites for hydroxylation is 2. The Balaban J connectivity index is 1.94. The minimum atomic E-state index is -0.336. The molecular weight excluding hydrogens is 364 g/mol. The highest BCUT2D eigenvalue weighted by molar-refractivity contribution is 6.30. The van der Waals surface area contributed by atoms with Gasteiger partial charge in [-0.1, -0.05) is 17.7 Å². The van der Waals surface area contributed by atoms with Crippen LogP contribution in [0.4, 0.5) is 0 Å². The number of nitrogens with one attached hydrogen (secondary N) is 1. The Labute approximate surface area is 164 Å². The molecule has 0 aromatic heterocycles. The van der Waals surface area contributed by atoms with Gasteiger partial charge in [-0.15, -0.1) is 0 Å². The smallest absolute Gasteiger partial charge is 0.234 e. The summed E-state index contributed by atoms with van der Waals surface area (Å²) in [6.07, 6.45) is -0.181. The lowest BCUT2D eigenvalue weighted by Gasteiger charge is -2.15. The van der Waals surface area contributed by atoms with Gasteiger partial charge in [-0.2, -0.15) is 5.26 Å². The number of halogens is 1. The molecule has 0 aliphatic carbocycles. The first-order valence-electron chi connectivity index (χ1n) is 8.66. The number of hydrogen-bond acceptors (Lipinski definition) is 4. The Morgan fingerprint density at radius 1 is 1.11 bits per heavy atom. The third kappa shape index (κ3) is 6.19. The Hall–Kier alpha value is -2.71. The van der Waals surface area contributed by atoms with Gasteiger partial charge in [0, 0.05) is 17.1 Å². The average Bonchev–Trinajstić information content (AvgIpc) is 2.62. The summed E-state index contributed by atoms with van der Waals surface area (Å²) in [4.78, 5) is 11.5. The van der Waals surface area contributed by atoms with Gasteiger partial charge in [0.15, 0.2) is 0 Å². The lowest BCUT2D eigenvalue weighted by molar-refractivity contribution is -0.120. The lowest BCUT2D eigenvalue weighted by Crippen LogP contribution is -2.22. The molecule has 0 bridgehead atoms. The molecule has 0 saturated carbocycles. The van der Waals surface area contributed by atoms with E-state index >= 15 is 0 Å². The van der Waals surface area contributed by atoms with Crippen molar-refractivity contribution in [2.75, 3.05) is 13.2 Å². The van der Waals surface area contributed by atoms with Crippen molar-refractivity contribution in [2.45, 2.75) is 33.7 Å². The molecular formula is C21H23ClN2O3. The fraction of sp³-hybridized carbons (Fsp3) is 0.333. The predicted octanol–water partition coefficient (Wildman–Crippen LogP) is 4.25. The van der Waals surface area contributed by atoms with Crippen molar-refractivity contribution >= 4 is 17.5 Å². The maximum Gasteiger partial charge on any atom is 0.234 e. The lowest BCUT2D eigenvalue weighted by atomic mass is 10.1. The van der Waals surface area contributed by atoms with Gasteiger partial charge in [0.2, 0.25) is 5.91 Å². The van der Waals surface area contributed by atoms with Gasteiger partial charge in [0.05, 0.1) is 6.07 Å². The van der Waals surface area contributed by atoms with E-state index in [1.807, 2.05) is 26.0 Å². The quantitative estimate of drug-likeness (QED) is 0.688. The molecule has 142 valence electrons. The molecule has 0 heterocycles. The molecule has 1 amide bonds. The van der Waals surface area contributed by atoms with Crippen molar-refractivity contribution in [1.29, 1.82) is 5.26 Å². The van der Waals surface area contributed by atoms with Gasteiger partial charge in [0.1, 0.15) is 31.1 Å². The van der Waals surface area contributed by atoms with Crippen LogP contribution in [0.2, 0.25) is 5.02 Å². The third-order valence-electron chi connectivity index (χ3n) is 4.10. The second-order valence-electron chi connectivity index (χ2n) is 6.27. The normalized spacial score (nSPS) is 10.2.